The molecule has 1 saturated heterocycles. The van der Waals surface area contributed by atoms with Gasteiger partial charge in [0.05, 0.1) is 24.1 Å². The first-order chi connectivity index (χ1) is 10.6. The minimum absolute atomic E-state index is 0.0727. The van der Waals surface area contributed by atoms with Crippen LogP contribution in [0.1, 0.15) is 19.3 Å². The van der Waals surface area contributed by atoms with E-state index in [9.17, 15) is 14.3 Å². The number of carbonyl (C=O) groups is 1. The van der Waals surface area contributed by atoms with Gasteiger partial charge in [0.25, 0.3) is 0 Å². The standard InChI is InChI=1S/C15H22FN3O3/c16-11-4-5-14(19-6-2-1-3-7-19)13(8-11)18-15(22)17-9-12(21)10-20/h4-5,8,12,20-21H,1-3,6-7,9-10H2,(H2,17,18,22)/t12-/m1/s1. The summed E-state index contributed by atoms with van der Waals surface area (Å²) in [6.07, 6.45) is 2.32. The average molecular weight is 311 g/mol. The van der Waals surface area contributed by atoms with Crippen LogP contribution in [-0.2, 0) is 0 Å². The summed E-state index contributed by atoms with van der Waals surface area (Å²) >= 11 is 0. The van der Waals surface area contributed by atoms with E-state index in [0.717, 1.165) is 31.6 Å². The van der Waals surface area contributed by atoms with Crippen LogP contribution in [0.5, 0.6) is 0 Å². The van der Waals surface area contributed by atoms with Crippen LogP contribution < -0.4 is 15.5 Å². The zero-order valence-electron chi connectivity index (χ0n) is 12.4. The van der Waals surface area contributed by atoms with Crippen LogP contribution in [0.3, 0.4) is 0 Å². The molecule has 1 aromatic rings. The summed E-state index contributed by atoms with van der Waals surface area (Å²) < 4.78 is 13.5. The summed E-state index contributed by atoms with van der Waals surface area (Å²) in [5, 5.41) is 23.0. The van der Waals surface area contributed by atoms with Crippen molar-refractivity contribution in [2.75, 3.05) is 36.5 Å². The molecule has 0 aromatic heterocycles. The van der Waals surface area contributed by atoms with Crippen molar-refractivity contribution in [1.29, 1.82) is 0 Å². The summed E-state index contributed by atoms with van der Waals surface area (Å²) in [7, 11) is 0. The molecule has 0 saturated carbocycles. The molecule has 122 valence electrons. The molecule has 1 fully saturated rings. The number of nitrogens with one attached hydrogen (secondary N) is 2. The topological polar surface area (TPSA) is 84.8 Å². The number of carbonyl (C=O) groups excluding carboxylic acids is 1. The molecule has 1 aromatic carbocycles. The maximum Gasteiger partial charge on any atom is 0.319 e. The van der Waals surface area contributed by atoms with E-state index in [4.69, 9.17) is 5.11 Å². The van der Waals surface area contributed by atoms with Crippen molar-refractivity contribution >= 4 is 17.4 Å². The highest BCUT2D eigenvalue weighted by Gasteiger charge is 2.16. The van der Waals surface area contributed by atoms with Gasteiger partial charge in [-0.1, -0.05) is 0 Å². The smallest absolute Gasteiger partial charge is 0.319 e. The number of anilines is 2. The number of aliphatic hydroxyl groups excluding tert-OH is 2. The van der Waals surface area contributed by atoms with Gasteiger partial charge in [-0.2, -0.15) is 0 Å². The normalized spacial score (nSPS) is 16.2. The number of piperidine rings is 1. The minimum atomic E-state index is -1.01. The molecule has 0 aliphatic carbocycles. The lowest BCUT2D eigenvalue weighted by molar-refractivity contribution is 0.0965. The molecular weight excluding hydrogens is 289 g/mol. The number of aliphatic hydroxyl groups is 2. The van der Waals surface area contributed by atoms with Crippen molar-refractivity contribution in [2.24, 2.45) is 0 Å². The Kier molecular flexibility index (Phi) is 5.97. The molecule has 0 spiro atoms. The van der Waals surface area contributed by atoms with E-state index in [0.29, 0.717) is 5.69 Å². The first kappa shape index (κ1) is 16.5. The molecule has 0 unspecified atom stereocenters. The Morgan fingerprint density at radius 2 is 2.05 bits per heavy atom. The van der Waals surface area contributed by atoms with Crippen LogP contribution in [0.2, 0.25) is 0 Å². The van der Waals surface area contributed by atoms with Gasteiger partial charge in [0, 0.05) is 19.6 Å². The number of hydrogen-bond donors (Lipinski definition) is 4. The van der Waals surface area contributed by atoms with Crippen molar-refractivity contribution in [3.05, 3.63) is 24.0 Å². The van der Waals surface area contributed by atoms with Crippen molar-refractivity contribution in [3.63, 3.8) is 0 Å². The lowest BCUT2D eigenvalue weighted by Gasteiger charge is -2.30. The third-order valence-corrected chi connectivity index (χ3v) is 3.61. The maximum atomic E-state index is 13.5. The fourth-order valence-electron chi connectivity index (χ4n) is 2.46. The van der Waals surface area contributed by atoms with Crippen LogP contribution in [0.4, 0.5) is 20.6 Å². The SMILES string of the molecule is O=C(NC[C@@H](O)CO)Nc1cc(F)ccc1N1CCCCC1. The molecule has 1 atom stereocenters. The Labute approximate surface area is 128 Å². The van der Waals surface area contributed by atoms with Gasteiger partial charge in [0.1, 0.15) is 5.82 Å². The Morgan fingerprint density at radius 3 is 2.73 bits per heavy atom. The largest absolute Gasteiger partial charge is 0.394 e. The second-order valence-electron chi connectivity index (χ2n) is 5.38. The second kappa shape index (κ2) is 7.95. The van der Waals surface area contributed by atoms with E-state index in [1.54, 1.807) is 6.07 Å². The fourth-order valence-corrected chi connectivity index (χ4v) is 2.46. The van der Waals surface area contributed by atoms with Gasteiger partial charge < -0.3 is 25.7 Å². The molecule has 0 radical (unpaired) electrons. The molecule has 0 bridgehead atoms. The third-order valence-electron chi connectivity index (χ3n) is 3.61. The van der Waals surface area contributed by atoms with Gasteiger partial charge >= 0.3 is 6.03 Å². The monoisotopic (exact) mass is 311 g/mol. The van der Waals surface area contributed by atoms with Crippen molar-refractivity contribution in [2.45, 2.75) is 25.4 Å². The first-order valence-electron chi connectivity index (χ1n) is 7.48. The highest BCUT2D eigenvalue weighted by Crippen LogP contribution is 2.29. The van der Waals surface area contributed by atoms with Crippen molar-refractivity contribution in [1.82, 2.24) is 5.32 Å². The van der Waals surface area contributed by atoms with Gasteiger partial charge in [-0.05, 0) is 37.5 Å². The molecule has 1 aliphatic heterocycles. The van der Waals surface area contributed by atoms with Gasteiger partial charge in [0.15, 0.2) is 0 Å². The number of hydrogen-bond acceptors (Lipinski definition) is 4. The summed E-state index contributed by atoms with van der Waals surface area (Å²) in [5.41, 5.74) is 1.19. The molecule has 6 nitrogen and oxygen atoms in total. The predicted molar refractivity (Wildman–Crippen MR) is 82.6 cm³/mol. The van der Waals surface area contributed by atoms with Crippen LogP contribution in [0, 0.1) is 5.82 Å². The highest BCUT2D eigenvalue weighted by atomic mass is 19.1. The minimum Gasteiger partial charge on any atom is -0.394 e. The maximum absolute atomic E-state index is 13.5. The predicted octanol–water partition coefficient (Wildman–Crippen LogP) is 1.29. The molecule has 4 N–H and O–H groups in total. The number of nitrogens with zero attached hydrogens (tertiary/aromatic N) is 1. The molecular formula is C15H22FN3O3. The molecule has 2 amide bonds. The van der Waals surface area contributed by atoms with E-state index >= 15 is 0 Å². The highest BCUT2D eigenvalue weighted by molar-refractivity contribution is 5.93. The fraction of sp³-hybridized carbons (Fsp3) is 0.533. The summed E-state index contributed by atoms with van der Waals surface area (Å²) in [6.45, 7) is 1.26. The van der Waals surface area contributed by atoms with Gasteiger partial charge in [-0.25, -0.2) is 9.18 Å². The lowest BCUT2D eigenvalue weighted by atomic mass is 10.1. The van der Waals surface area contributed by atoms with E-state index in [-0.39, 0.29) is 6.54 Å². The van der Waals surface area contributed by atoms with Crippen LogP contribution in [0.15, 0.2) is 18.2 Å². The first-order valence-corrected chi connectivity index (χ1v) is 7.48. The van der Waals surface area contributed by atoms with E-state index in [1.807, 2.05) is 0 Å². The number of halogens is 1. The number of amides is 2. The average Bonchev–Trinajstić information content (AvgIpc) is 2.53. The number of urea groups is 1. The molecule has 1 heterocycles. The van der Waals surface area contributed by atoms with Crippen LogP contribution >= 0.6 is 0 Å². The Balaban J connectivity index is 2.05. The quantitative estimate of drug-likeness (QED) is 0.660. The van der Waals surface area contributed by atoms with Crippen LogP contribution in [0.25, 0.3) is 0 Å². The van der Waals surface area contributed by atoms with Crippen molar-refractivity contribution in [3.8, 4) is 0 Å². The zero-order valence-corrected chi connectivity index (χ0v) is 12.4. The Bertz CT molecular complexity index is 507. The van der Waals surface area contributed by atoms with E-state index in [1.165, 1.54) is 18.6 Å². The van der Waals surface area contributed by atoms with Gasteiger partial charge in [-0.15, -0.1) is 0 Å². The molecule has 1 aliphatic rings. The van der Waals surface area contributed by atoms with Gasteiger partial charge in [0.2, 0.25) is 0 Å². The summed E-state index contributed by atoms with van der Waals surface area (Å²) in [6, 6.07) is 3.78. The van der Waals surface area contributed by atoms with E-state index < -0.39 is 24.6 Å². The Morgan fingerprint density at radius 1 is 1.32 bits per heavy atom. The third kappa shape index (κ3) is 4.57. The molecule has 2 rings (SSSR count). The lowest BCUT2D eigenvalue weighted by Crippen LogP contribution is -2.37. The zero-order chi connectivity index (χ0) is 15.9. The van der Waals surface area contributed by atoms with Crippen molar-refractivity contribution < 1.29 is 19.4 Å². The number of benzene rings is 1. The molecule has 22 heavy (non-hydrogen) atoms. The van der Waals surface area contributed by atoms with Gasteiger partial charge in [-0.3, -0.25) is 0 Å². The summed E-state index contributed by atoms with van der Waals surface area (Å²) in [4.78, 5) is 13.9. The molecule has 7 heteroatoms. The number of rotatable bonds is 5. The van der Waals surface area contributed by atoms with E-state index in [2.05, 4.69) is 15.5 Å². The second-order valence-corrected chi connectivity index (χ2v) is 5.38. The summed E-state index contributed by atoms with van der Waals surface area (Å²) in [5.74, 6) is -0.425. The Hall–Kier alpha value is -1.86. The van der Waals surface area contributed by atoms with Crippen LogP contribution in [-0.4, -0.2) is 48.6 Å².